The molecule has 1 aliphatic rings. The number of hydrogen-bond donors (Lipinski definition) is 2. The predicted molar refractivity (Wildman–Crippen MR) is 100 cm³/mol. The smallest absolute Gasteiger partial charge is 0.0982 e. The number of nitrogens with one attached hydrogen (secondary N) is 1. The van der Waals surface area contributed by atoms with E-state index < -0.39 is 0 Å². The molecule has 1 rings (SSSR count). The zero-order chi connectivity index (χ0) is 16.6. The van der Waals surface area contributed by atoms with Gasteiger partial charge in [-0.3, -0.25) is 0 Å². The van der Waals surface area contributed by atoms with E-state index in [1.807, 2.05) is 6.20 Å². The molecule has 0 saturated carbocycles. The van der Waals surface area contributed by atoms with Crippen molar-refractivity contribution in [3.8, 4) is 0 Å². The van der Waals surface area contributed by atoms with Crippen LogP contribution in [0.3, 0.4) is 0 Å². The Balaban J connectivity index is 1.78. The largest absolute Gasteiger partial charge is 0.395 e. The summed E-state index contributed by atoms with van der Waals surface area (Å²) in [6.07, 6.45) is 24.0. The molecule has 23 heavy (non-hydrogen) atoms. The van der Waals surface area contributed by atoms with Gasteiger partial charge in [0.15, 0.2) is 0 Å². The summed E-state index contributed by atoms with van der Waals surface area (Å²) in [5, 5.41) is 12.4. The van der Waals surface area contributed by atoms with Crippen molar-refractivity contribution in [1.82, 2.24) is 10.2 Å². The van der Waals surface area contributed by atoms with Gasteiger partial charge in [0.05, 0.1) is 12.8 Å². The van der Waals surface area contributed by atoms with Crippen molar-refractivity contribution in [2.75, 3.05) is 13.2 Å². The van der Waals surface area contributed by atoms with E-state index in [2.05, 4.69) is 23.3 Å². The minimum absolute atomic E-state index is 0.237. The van der Waals surface area contributed by atoms with Crippen molar-refractivity contribution in [1.29, 1.82) is 0 Å². The molecule has 3 nitrogen and oxygen atoms in total. The summed E-state index contributed by atoms with van der Waals surface area (Å²) in [5.74, 6) is 0. The van der Waals surface area contributed by atoms with Gasteiger partial charge in [0.1, 0.15) is 0 Å². The number of rotatable bonds is 16. The molecule has 0 amide bonds. The Morgan fingerprint density at radius 3 is 1.87 bits per heavy atom. The molecule has 0 aromatic rings. The average Bonchev–Trinajstić information content (AvgIpc) is 2.99. The van der Waals surface area contributed by atoms with E-state index in [0.717, 1.165) is 6.54 Å². The summed E-state index contributed by atoms with van der Waals surface area (Å²) < 4.78 is 0. The molecule has 0 aromatic carbocycles. The topological polar surface area (TPSA) is 35.5 Å². The van der Waals surface area contributed by atoms with Gasteiger partial charge in [-0.05, 0) is 12.8 Å². The van der Waals surface area contributed by atoms with Gasteiger partial charge < -0.3 is 15.3 Å². The van der Waals surface area contributed by atoms with Crippen molar-refractivity contribution in [2.24, 2.45) is 0 Å². The van der Waals surface area contributed by atoms with Gasteiger partial charge in [0.25, 0.3) is 0 Å². The molecule has 0 spiro atoms. The van der Waals surface area contributed by atoms with Gasteiger partial charge >= 0.3 is 0 Å². The Kier molecular flexibility index (Phi) is 13.1. The van der Waals surface area contributed by atoms with Crippen LogP contribution in [0.1, 0.15) is 96.8 Å². The Labute approximate surface area is 144 Å². The molecule has 1 unspecified atom stereocenters. The first kappa shape index (κ1) is 20.3. The van der Waals surface area contributed by atoms with Crippen LogP contribution >= 0.6 is 0 Å². The number of unbranched alkanes of at least 4 members (excludes halogenated alkanes) is 12. The lowest BCUT2D eigenvalue weighted by Gasteiger charge is -2.24. The molecule has 0 aromatic heterocycles. The summed E-state index contributed by atoms with van der Waals surface area (Å²) in [7, 11) is 0. The van der Waals surface area contributed by atoms with Crippen LogP contribution in [-0.4, -0.2) is 29.3 Å². The lowest BCUT2D eigenvalue weighted by atomic mass is 10.0. The number of β-amino-alcohol motifs (C(OH)–C–C–N with tert-alkyl or cyclic N) is 1. The zero-order valence-electron chi connectivity index (χ0n) is 15.4. The molecule has 0 bridgehead atoms. The van der Waals surface area contributed by atoms with Crippen LogP contribution in [0, 0.1) is 0 Å². The molecule has 1 aliphatic heterocycles. The third-order valence-electron chi connectivity index (χ3n) is 4.89. The number of nitrogens with zero attached hydrogens (tertiary/aromatic N) is 1. The second kappa shape index (κ2) is 14.9. The van der Waals surface area contributed by atoms with E-state index >= 15 is 0 Å². The van der Waals surface area contributed by atoms with Crippen LogP contribution in [-0.2, 0) is 0 Å². The van der Waals surface area contributed by atoms with Gasteiger partial charge in [-0.2, -0.15) is 0 Å². The highest BCUT2D eigenvalue weighted by atomic mass is 16.3. The lowest BCUT2D eigenvalue weighted by Crippen LogP contribution is -2.36. The Morgan fingerprint density at radius 1 is 0.826 bits per heavy atom. The third-order valence-corrected chi connectivity index (χ3v) is 4.89. The molecule has 3 heteroatoms. The highest BCUT2D eigenvalue weighted by Crippen LogP contribution is 2.15. The van der Waals surface area contributed by atoms with E-state index in [0.29, 0.717) is 6.17 Å². The summed E-state index contributed by atoms with van der Waals surface area (Å²) in [6, 6.07) is 0. The minimum atomic E-state index is 0.237. The Bertz CT molecular complexity index is 281. The molecule has 0 fully saturated rings. The second-order valence-corrected chi connectivity index (χ2v) is 6.99. The van der Waals surface area contributed by atoms with Crippen molar-refractivity contribution in [3.05, 3.63) is 12.4 Å². The maximum Gasteiger partial charge on any atom is 0.0982 e. The first-order chi connectivity index (χ1) is 11.4. The van der Waals surface area contributed by atoms with Crippen LogP contribution < -0.4 is 5.32 Å². The molecular weight excluding hydrogens is 284 g/mol. The van der Waals surface area contributed by atoms with Crippen LogP contribution in [0.5, 0.6) is 0 Å². The van der Waals surface area contributed by atoms with E-state index in [-0.39, 0.29) is 6.61 Å². The Hall–Kier alpha value is -0.700. The van der Waals surface area contributed by atoms with Crippen molar-refractivity contribution < 1.29 is 5.11 Å². The SMILES string of the molecule is CCCCCCCCCCCCCCCC1NC=CN1CCO. The summed E-state index contributed by atoms with van der Waals surface area (Å²) in [4.78, 5) is 2.21. The average molecular weight is 325 g/mol. The molecular formula is C20H40N2O. The van der Waals surface area contributed by atoms with Crippen molar-refractivity contribution in [2.45, 2.75) is 103 Å². The maximum absolute atomic E-state index is 9.03. The van der Waals surface area contributed by atoms with Gasteiger partial charge in [-0.15, -0.1) is 0 Å². The highest BCUT2D eigenvalue weighted by Gasteiger charge is 2.16. The lowest BCUT2D eigenvalue weighted by molar-refractivity contribution is 0.194. The summed E-state index contributed by atoms with van der Waals surface area (Å²) >= 11 is 0. The van der Waals surface area contributed by atoms with Crippen LogP contribution in [0.2, 0.25) is 0 Å². The van der Waals surface area contributed by atoms with Crippen molar-refractivity contribution in [3.63, 3.8) is 0 Å². The molecule has 0 radical (unpaired) electrons. The van der Waals surface area contributed by atoms with Crippen LogP contribution in [0.15, 0.2) is 12.4 Å². The minimum Gasteiger partial charge on any atom is -0.395 e. The van der Waals surface area contributed by atoms with Gasteiger partial charge in [-0.1, -0.05) is 84.0 Å². The van der Waals surface area contributed by atoms with Crippen molar-refractivity contribution >= 4 is 0 Å². The fraction of sp³-hybridized carbons (Fsp3) is 0.900. The second-order valence-electron chi connectivity index (χ2n) is 6.99. The summed E-state index contributed by atoms with van der Waals surface area (Å²) in [5.41, 5.74) is 0. The number of hydrogen-bond acceptors (Lipinski definition) is 3. The number of aliphatic hydroxyl groups is 1. The molecule has 2 N–H and O–H groups in total. The van der Waals surface area contributed by atoms with E-state index in [1.54, 1.807) is 0 Å². The predicted octanol–water partition coefficient (Wildman–Crippen LogP) is 5.16. The first-order valence-corrected chi connectivity index (χ1v) is 10.2. The quantitative estimate of drug-likeness (QED) is 0.385. The molecule has 1 atom stereocenters. The highest BCUT2D eigenvalue weighted by molar-refractivity contribution is 4.93. The first-order valence-electron chi connectivity index (χ1n) is 10.2. The molecule has 0 saturated heterocycles. The molecule has 1 heterocycles. The van der Waals surface area contributed by atoms with E-state index in [4.69, 9.17) is 5.11 Å². The summed E-state index contributed by atoms with van der Waals surface area (Å²) in [6.45, 7) is 3.26. The van der Waals surface area contributed by atoms with E-state index in [1.165, 1.54) is 89.9 Å². The fourth-order valence-corrected chi connectivity index (χ4v) is 3.40. The van der Waals surface area contributed by atoms with Gasteiger partial charge in [-0.25, -0.2) is 0 Å². The Morgan fingerprint density at radius 2 is 1.35 bits per heavy atom. The fourth-order valence-electron chi connectivity index (χ4n) is 3.40. The van der Waals surface area contributed by atoms with Crippen LogP contribution in [0.4, 0.5) is 0 Å². The monoisotopic (exact) mass is 324 g/mol. The standard InChI is InChI=1S/C20H40N2O/c1-2-3-4-5-6-7-8-9-10-11-12-13-14-15-20-21-16-17-22(20)18-19-23/h16-17,20-21,23H,2-15,18-19H2,1H3. The van der Waals surface area contributed by atoms with Crippen LogP contribution in [0.25, 0.3) is 0 Å². The number of aliphatic hydroxyl groups excluding tert-OH is 1. The molecule has 0 aliphatic carbocycles. The van der Waals surface area contributed by atoms with E-state index in [9.17, 15) is 0 Å². The third kappa shape index (κ3) is 10.6. The van der Waals surface area contributed by atoms with Gasteiger partial charge in [0, 0.05) is 18.9 Å². The zero-order valence-corrected chi connectivity index (χ0v) is 15.4. The van der Waals surface area contributed by atoms with Gasteiger partial charge in [0.2, 0.25) is 0 Å². The maximum atomic E-state index is 9.03. The molecule has 136 valence electrons. The normalized spacial score (nSPS) is 17.0.